The van der Waals surface area contributed by atoms with Gasteiger partial charge in [0.1, 0.15) is 0 Å². The Morgan fingerprint density at radius 2 is 1.74 bits per heavy atom. The summed E-state index contributed by atoms with van der Waals surface area (Å²) < 4.78 is 1.99. The molecule has 0 aliphatic carbocycles. The van der Waals surface area contributed by atoms with Crippen LogP contribution < -0.4 is 10.6 Å². The van der Waals surface area contributed by atoms with Gasteiger partial charge in [-0.2, -0.15) is 0 Å². The lowest BCUT2D eigenvalue weighted by molar-refractivity contribution is 0.249. The van der Waals surface area contributed by atoms with E-state index in [4.69, 9.17) is 23.2 Å². The summed E-state index contributed by atoms with van der Waals surface area (Å²) in [5.74, 6) is 1.38. The summed E-state index contributed by atoms with van der Waals surface area (Å²) in [5.41, 5.74) is 4.98. The summed E-state index contributed by atoms with van der Waals surface area (Å²) >= 11 is 13.9. The molecule has 0 saturated carbocycles. The molecular formula is C26H25Cl2N5OS. The molecule has 4 rings (SSSR count). The van der Waals surface area contributed by atoms with Crippen LogP contribution in [0.25, 0.3) is 5.69 Å². The molecule has 0 aliphatic rings. The van der Waals surface area contributed by atoms with Gasteiger partial charge in [-0.15, -0.1) is 10.2 Å². The summed E-state index contributed by atoms with van der Waals surface area (Å²) in [5, 5.41) is 16.0. The van der Waals surface area contributed by atoms with Crippen LogP contribution in [0.1, 0.15) is 35.5 Å². The molecule has 2 amide bonds. The van der Waals surface area contributed by atoms with E-state index in [9.17, 15) is 4.79 Å². The number of thioether (sulfide) groups is 1. The number of anilines is 1. The van der Waals surface area contributed by atoms with Gasteiger partial charge in [0.15, 0.2) is 11.0 Å². The minimum absolute atomic E-state index is 0.287. The number of carbonyl (C=O) groups excluding carboxylic acids is 1. The highest BCUT2D eigenvalue weighted by molar-refractivity contribution is 7.98. The van der Waals surface area contributed by atoms with Gasteiger partial charge >= 0.3 is 6.03 Å². The molecule has 0 spiro atoms. The minimum Gasteiger partial charge on any atom is -0.328 e. The molecule has 0 saturated heterocycles. The van der Waals surface area contributed by atoms with Gasteiger partial charge in [0.25, 0.3) is 0 Å². The van der Waals surface area contributed by atoms with Gasteiger partial charge < -0.3 is 10.6 Å². The van der Waals surface area contributed by atoms with Crippen LogP contribution in [0, 0.1) is 13.8 Å². The third-order valence-corrected chi connectivity index (χ3v) is 7.30. The SMILES string of the molecule is Cc1ccc(-n2c(SCc3ccccc3C)nnc2[C@@H](C)NC(=O)Nc2cccc(Cl)c2Cl)cc1. The Kier molecular flexibility index (Phi) is 8.00. The molecule has 35 heavy (non-hydrogen) atoms. The van der Waals surface area contributed by atoms with Crippen LogP contribution in [0.4, 0.5) is 10.5 Å². The molecule has 0 fully saturated rings. The Hall–Kier alpha value is -3.00. The second-order valence-electron chi connectivity index (χ2n) is 8.15. The molecule has 2 N–H and O–H groups in total. The Labute approximate surface area is 219 Å². The van der Waals surface area contributed by atoms with E-state index in [1.54, 1.807) is 30.0 Å². The number of rotatable bonds is 7. The standard InChI is InChI=1S/C26H25Cl2N5OS/c1-16-11-13-20(14-12-16)33-24(31-32-26(33)35-15-19-8-5-4-7-17(19)2)18(3)29-25(34)30-22-10-6-9-21(27)23(22)28/h4-14,18H,15H2,1-3H3,(H2,29,30,34)/t18-/m1/s1. The first-order valence-electron chi connectivity index (χ1n) is 11.0. The van der Waals surface area contributed by atoms with E-state index in [2.05, 4.69) is 39.9 Å². The number of urea groups is 1. The number of carbonyl (C=O) groups is 1. The lowest BCUT2D eigenvalue weighted by atomic mass is 10.1. The third-order valence-electron chi connectivity index (χ3n) is 5.50. The van der Waals surface area contributed by atoms with Gasteiger partial charge in [-0.25, -0.2) is 4.79 Å². The molecule has 0 radical (unpaired) electrons. The molecular weight excluding hydrogens is 501 g/mol. The smallest absolute Gasteiger partial charge is 0.319 e. The van der Waals surface area contributed by atoms with Crippen LogP contribution in [-0.2, 0) is 5.75 Å². The van der Waals surface area contributed by atoms with Crippen LogP contribution in [0.2, 0.25) is 10.0 Å². The number of nitrogens with one attached hydrogen (secondary N) is 2. The van der Waals surface area contributed by atoms with Gasteiger partial charge in [0.05, 0.1) is 21.8 Å². The lowest BCUT2D eigenvalue weighted by Gasteiger charge is -2.17. The van der Waals surface area contributed by atoms with E-state index in [-0.39, 0.29) is 5.02 Å². The number of amides is 2. The monoisotopic (exact) mass is 525 g/mol. The summed E-state index contributed by atoms with van der Waals surface area (Å²) in [6.45, 7) is 6.01. The predicted octanol–water partition coefficient (Wildman–Crippen LogP) is 7.37. The lowest BCUT2D eigenvalue weighted by Crippen LogP contribution is -2.32. The largest absolute Gasteiger partial charge is 0.328 e. The Balaban J connectivity index is 1.58. The van der Waals surface area contributed by atoms with Gasteiger partial charge in [-0.3, -0.25) is 4.57 Å². The Morgan fingerprint density at radius 3 is 2.49 bits per heavy atom. The molecule has 1 atom stereocenters. The Bertz CT molecular complexity index is 1340. The van der Waals surface area contributed by atoms with Crippen LogP contribution in [-0.4, -0.2) is 20.8 Å². The molecule has 4 aromatic rings. The number of hydrogen-bond acceptors (Lipinski definition) is 4. The zero-order valence-electron chi connectivity index (χ0n) is 19.5. The van der Waals surface area contributed by atoms with Crippen LogP contribution in [0.5, 0.6) is 0 Å². The quantitative estimate of drug-likeness (QED) is 0.247. The van der Waals surface area contributed by atoms with Crippen LogP contribution in [0.15, 0.2) is 71.9 Å². The number of halogens is 2. The number of hydrogen-bond donors (Lipinski definition) is 2. The van der Waals surface area contributed by atoms with Crippen molar-refractivity contribution in [2.24, 2.45) is 0 Å². The van der Waals surface area contributed by atoms with Crippen molar-refractivity contribution in [1.29, 1.82) is 0 Å². The van der Waals surface area contributed by atoms with E-state index in [1.807, 2.05) is 54.8 Å². The fourth-order valence-electron chi connectivity index (χ4n) is 3.53. The van der Waals surface area contributed by atoms with E-state index in [0.717, 1.165) is 22.2 Å². The first-order chi connectivity index (χ1) is 16.8. The van der Waals surface area contributed by atoms with Crippen molar-refractivity contribution in [3.05, 3.63) is 99.3 Å². The van der Waals surface area contributed by atoms with E-state index in [1.165, 1.54) is 11.1 Å². The van der Waals surface area contributed by atoms with Crippen LogP contribution >= 0.6 is 35.0 Å². The maximum absolute atomic E-state index is 12.7. The number of aryl methyl sites for hydroxylation is 2. The van der Waals surface area contributed by atoms with Crippen molar-refractivity contribution < 1.29 is 4.79 Å². The highest BCUT2D eigenvalue weighted by Gasteiger charge is 2.22. The summed E-state index contributed by atoms with van der Waals surface area (Å²) in [6.07, 6.45) is 0. The molecule has 6 nitrogen and oxygen atoms in total. The molecule has 1 heterocycles. The normalized spacial score (nSPS) is 11.8. The highest BCUT2D eigenvalue weighted by atomic mass is 35.5. The van der Waals surface area contributed by atoms with Crippen molar-refractivity contribution >= 4 is 46.7 Å². The first kappa shape index (κ1) is 25.1. The van der Waals surface area contributed by atoms with Crippen molar-refractivity contribution in [1.82, 2.24) is 20.1 Å². The summed E-state index contributed by atoms with van der Waals surface area (Å²) in [6, 6.07) is 20.6. The van der Waals surface area contributed by atoms with Crippen molar-refractivity contribution in [3.8, 4) is 5.69 Å². The number of benzene rings is 3. The first-order valence-corrected chi connectivity index (χ1v) is 12.8. The van der Waals surface area contributed by atoms with E-state index < -0.39 is 12.1 Å². The second kappa shape index (κ2) is 11.2. The summed E-state index contributed by atoms with van der Waals surface area (Å²) in [4.78, 5) is 12.7. The zero-order chi connectivity index (χ0) is 24.9. The van der Waals surface area contributed by atoms with E-state index in [0.29, 0.717) is 16.5 Å². The van der Waals surface area contributed by atoms with Crippen LogP contribution in [0.3, 0.4) is 0 Å². The van der Waals surface area contributed by atoms with Gasteiger partial charge in [0, 0.05) is 11.4 Å². The molecule has 0 aliphatic heterocycles. The van der Waals surface area contributed by atoms with Crippen molar-refractivity contribution in [2.75, 3.05) is 5.32 Å². The highest BCUT2D eigenvalue weighted by Crippen LogP contribution is 2.30. The summed E-state index contributed by atoms with van der Waals surface area (Å²) in [7, 11) is 0. The van der Waals surface area contributed by atoms with Gasteiger partial charge in [-0.05, 0) is 56.2 Å². The maximum Gasteiger partial charge on any atom is 0.319 e. The zero-order valence-corrected chi connectivity index (χ0v) is 21.9. The maximum atomic E-state index is 12.7. The molecule has 0 bridgehead atoms. The predicted molar refractivity (Wildman–Crippen MR) is 144 cm³/mol. The molecule has 1 aromatic heterocycles. The molecule has 0 unspecified atom stereocenters. The Morgan fingerprint density at radius 1 is 1.00 bits per heavy atom. The average Bonchev–Trinajstić information content (AvgIpc) is 3.26. The fraction of sp³-hybridized carbons (Fsp3) is 0.192. The van der Waals surface area contributed by atoms with Gasteiger partial charge in [-0.1, -0.05) is 83.0 Å². The van der Waals surface area contributed by atoms with Gasteiger partial charge in [0.2, 0.25) is 0 Å². The topological polar surface area (TPSA) is 71.8 Å². The van der Waals surface area contributed by atoms with Crippen molar-refractivity contribution in [3.63, 3.8) is 0 Å². The molecule has 3 aromatic carbocycles. The third kappa shape index (κ3) is 5.99. The van der Waals surface area contributed by atoms with E-state index >= 15 is 0 Å². The molecule has 9 heteroatoms. The molecule has 180 valence electrons. The second-order valence-corrected chi connectivity index (χ2v) is 9.88. The fourth-order valence-corrected chi connectivity index (χ4v) is 4.91. The number of aromatic nitrogens is 3. The minimum atomic E-state index is -0.436. The number of nitrogens with zero attached hydrogens (tertiary/aromatic N) is 3. The average molecular weight is 526 g/mol. The van der Waals surface area contributed by atoms with Crippen molar-refractivity contribution in [2.45, 2.75) is 37.7 Å².